The number of hydrogen-bond acceptors (Lipinski definition) is 7. The molecule has 0 heterocycles. The lowest BCUT2D eigenvalue weighted by molar-refractivity contribution is -0.144. The van der Waals surface area contributed by atoms with Crippen molar-refractivity contribution in [3.8, 4) is 0 Å². The second kappa shape index (κ2) is 13.8. The molecule has 2 aliphatic carbocycles. The predicted molar refractivity (Wildman–Crippen MR) is 134 cm³/mol. The third-order valence-corrected chi connectivity index (χ3v) is 8.18. The fraction of sp³-hybridized carbons (Fsp3) is 0.560. The van der Waals surface area contributed by atoms with Gasteiger partial charge >= 0.3 is 13.8 Å². The van der Waals surface area contributed by atoms with E-state index >= 15 is 0 Å². The van der Waals surface area contributed by atoms with E-state index in [1.54, 1.807) is 30.3 Å². The molecule has 4 N–H and O–H groups in total. The molecule has 6 atom stereocenters. The molecule has 0 amide bonds. The van der Waals surface area contributed by atoms with Crippen LogP contribution in [-0.2, 0) is 29.4 Å². The van der Waals surface area contributed by atoms with Crippen LogP contribution in [0.3, 0.4) is 0 Å². The Morgan fingerprint density at radius 3 is 2.58 bits per heavy atom. The highest BCUT2D eigenvalue weighted by molar-refractivity contribution is 7.85. The van der Waals surface area contributed by atoms with Crippen LogP contribution in [0.4, 0.5) is 0 Å². The first-order chi connectivity index (χ1) is 17.1. The van der Waals surface area contributed by atoms with E-state index in [0.29, 0.717) is 30.6 Å². The maximum absolute atomic E-state index is 12.4. The van der Waals surface area contributed by atoms with E-state index in [9.17, 15) is 33.6 Å². The van der Waals surface area contributed by atoms with Gasteiger partial charge in [0.1, 0.15) is 6.10 Å². The van der Waals surface area contributed by atoms with Gasteiger partial charge in [0.05, 0.1) is 34.9 Å². The number of rotatable bonds is 14. The zero-order chi connectivity index (χ0) is 26.1. The van der Waals surface area contributed by atoms with E-state index in [1.807, 2.05) is 18.2 Å². The number of carbonyl (C=O) groups excluding carboxylic acids is 1. The van der Waals surface area contributed by atoms with Crippen molar-refractivity contribution in [2.24, 2.45) is 11.8 Å². The number of aliphatic hydroxyl groups is 2. The topological polar surface area (TPSA) is 151 Å². The molecule has 11 heteroatoms. The van der Waals surface area contributed by atoms with Gasteiger partial charge in [-0.05, 0) is 50.2 Å². The first kappa shape index (κ1) is 28.9. The number of hydrogen-bond donors (Lipinski definition) is 4. The normalized spacial score (nSPS) is 26.4. The van der Waals surface area contributed by atoms with Crippen LogP contribution in [-0.4, -0.2) is 60.3 Å². The lowest BCUT2D eigenvalue weighted by atomic mass is 9.89. The monoisotopic (exact) mass is 542 g/mol. The Hall–Kier alpha value is -1.65. The summed E-state index contributed by atoms with van der Waals surface area (Å²) in [6.07, 6.45) is 8.02. The molecule has 9 nitrogen and oxygen atoms in total. The number of benzene rings is 1. The number of unbranched alkanes of at least 4 members (excludes halogenated alkanes) is 1. The third-order valence-electron chi connectivity index (χ3n) is 6.20. The molecular formula is C25H35O9PS. The zero-order valence-electron chi connectivity index (χ0n) is 20.0. The van der Waals surface area contributed by atoms with Crippen molar-refractivity contribution in [3.63, 3.8) is 0 Å². The number of phosphoric acid groups is 1. The minimum absolute atomic E-state index is 0.0144. The number of esters is 1. The van der Waals surface area contributed by atoms with Crippen LogP contribution in [0.1, 0.15) is 44.9 Å². The average Bonchev–Trinajstić information content (AvgIpc) is 3.57. The van der Waals surface area contributed by atoms with E-state index in [2.05, 4.69) is 0 Å². The SMILES string of the molecule is O=C(CCCC=CC[C@@H]1[C@@H](C=C[C@@H](O)CS(=O)c2ccccc2)[C@H](O)C[C@@H]1OP(=O)(O)O)OC1CC1. The summed E-state index contributed by atoms with van der Waals surface area (Å²) < 4.78 is 34.1. The second-order valence-corrected chi connectivity index (χ2v) is 11.9. The molecule has 2 fully saturated rings. The Bertz CT molecular complexity index is 973. The van der Waals surface area contributed by atoms with Crippen molar-refractivity contribution in [2.45, 2.75) is 74.3 Å². The standard InChI is InChI=1S/C25H35O9PS/c26-18(17-36(32)20-8-4-3-5-9-20)12-15-21-22(24(16-23(21)27)34-35(29,30)31)10-6-1-2-7-11-25(28)33-19-13-14-19/h1,3-6,8-9,12,15,18-19,21-24,26-27H,2,7,10-11,13-14,16-17H2,(H2,29,30,31)/t18-,21-,22-,23-,24+,36?/m1/s1. The molecule has 36 heavy (non-hydrogen) atoms. The Morgan fingerprint density at radius 1 is 1.19 bits per heavy atom. The van der Waals surface area contributed by atoms with Gasteiger partial charge in [0, 0.05) is 23.7 Å². The summed E-state index contributed by atoms with van der Waals surface area (Å²) in [7, 11) is -6.17. The Morgan fingerprint density at radius 2 is 1.92 bits per heavy atom. The van der Waals surface area contributed by atoms with Crippen LogP contribution < -0.4 is 0 Å². The molecule has 0 spiro atoms. The van der Waals surface area contributed by atoms with E-state index < -0.39 is 48.8 Å². The van der Waals surface area contributed by atoms with Gasteiger partial charge in [0.15, 0.2) is 0 Å². The van der Waals surface area contributed by atoms with Gasteiger partial charge in [-0.2, -0.15) is 0 Å². The highest BCUT2D eigenvalue weighted by Gasteiger charge is 2.43. The van der Waals surface area contributed by atoms with Crippen molar-refractivity contribution in [2.75, 3.05) is 5.75 Å². The number of carbonyl (C=O) groups is 1. The van der Waals surface area contributed by atoms with E-state index in [4.69, 9.17) is 9.26 Å². The lowest BCUT2D eigenvalue weighted by Crippen LogP contribution is -2.22. The average molecular weight is 543 g/mol. The Kier molecular flexibility index (Phi) is 11.1. The Balaban J connectivity index is 1.55. The van der Waals surface area contributed by atoms with E-state index in [1.165, 1.54) is 6.08 Å². The molecule has 2 saturated carbocycles. The fourth-order valence-electron chi connectivity index (χ4n) is 4.28. The summed E-state index contributed by atoms with van der Waals surface area (Å²) in [5.74, 6) is -1.16. The molecule has 200 valence electrons. The van der Waals surface area contributed by atoms with Crippen molar-refractivity contribution < 1.29 is 42.8 Å². The summed E-state index contributed by atoms with van der Waals surface area (Å²) in [5.41, 5.74) is 0. The first-order valence-electron chi connectivity index (χ1n) is 12.2. The molecule has 2 aliphatic rings. The number of aliphatic hydroxyl groups excluding tert-OH is 2. The van der Waals surface area contributed by atoms with Gasteiger partial charge in [-0.25, -0.2) is 4.57 Å². The summed E-state index contributed by atoms with van der Waals surface area (Å²) in [6.45, 7) is 0. The predicted octanol–water partition coefficient (Wildman–Crippen LogP) is 3.01. The second-order valence-electron chi connectivity index (χ2n) is 9.24. The lowest BCUT2D eigenvalue weighted by Gasteiger charge is -2.23. The molecule has 0 radical (unpaired) electrons. The summed E-state index contributed by atoms with van der Waals surface area (Å²) >= 11 is 0. The van der Waals surface area contributed by atoms with Crippen LogP contribution in [0, 0.1) is 11.8 Å². The van der Waals surface area contributed by atoms with Crippen molar-refractivity contribution >= 4 is 24.6 Å². The molecule has 1 aromatic carbocycles. The largest absolute Gasteiger partial charge is 0.469 e. The van der Waals surface area contributed by atoms with Gasteiger partial charge in [-0.3, -0.25) is 13.5 Å². The van der Waals surface area contributed by atoms with Gasteiger partial charge in [-0.1, -0.05) is 42.5 Å². The van der Waals surface area contributed by atoms with Crippen molar-refractivity contribution in [1.29, 1.82) is 0 Å². The minimum atomic E-state index is -4.76. The molecule has 0 saturated heterocycles. The number of allylic oxidation sites excluding steroid dienone is 2. The fourth-order valence-corrected chi connectivity index (χ4v) is 5.95. The van der Waals surface area contributed by atoms with Gasteiger partial charge in [0.25, 0.3) is 0 Å². The molecular weight excluding hydrogens is 507 g/mol. The van der Waals surface area contributed by atoms with Gasteiger partial charge in [-0.15, -0.1) is 0 Å². The molecule has 0 aromatic heterocycles. The summed E-state index contributed by atoms with van der Waals surface area (Å²) in [6, 6.07) is 8.78. The summed E-state index contributed by atoms with van der Waals surface area (Å²) in [5, 5.41) is 21.0. The first-order valence-corrected chi connectivity index (χ1v) is 15.0. The highest BCUT2D eigenvalue weighted by Crippen LogP contribution is 2.47. The van der Waals surface area contributed by atoms with Gasteiger partial charge < -0.3 is 24.7 Å². The van der Waals surface area contributed by atoms with Crippen LogP contribution in [0.15, 0.2) is 59.5 Å². The molecule has 1 aromatic rings. The molecule has 3 rings (SSSR count). The maximum Gasteiger partial charge on any atom is 0.469 e. The number of phosphoric ester groups is 1. The molecule has 1 unspecified atom stereocenters. The smallest absolute Gasteiger partial charge is 0.462 e. The van der Waals surface area contributed by atoms with Crippen LogP contribution >= 0.6 is 7.82 Å². The number of ether oxygens (including phenoxy) is 1. The van der Waals surface area contributed by atoms with E-state index in [-0.39, 0.29) is 24.2 Å². The van der Waals surface area contributed by atoms with Crippen LogP contribution in [0.25, 0.3) is 0 Å². The molecule has 0 aliphatic heterocycles. The van der Waals surface area contributed by atoms with Crippen molar-refractivity contribution in [3.05, 3.63) is 54.6 Å². The van der Waals surface area contributed by atoms with E-state index in [0.717, 1.165) is 12.8 Å². The zero-order valence-corrected chi connectivity index (χ0v) is 21.7. The van der Waals surface area contributed by atoms with Crippen LogP contribution in [0.2, 0.25) is 0 Å². The minimum Gasteiger partial charge on any atom is -0.462 e. The summed E-state index contributed by atoms with van der Waals surface area (Å²) in [4.78, 5) is 30.9. The molecule has 0 bridgehead atoms. The van der Waals surface area contributed by atoms with Crippen molar-refractivity contribution in [1.82, 2.24) is 0 Å². The van der Waals surface area contributed by atoms with Crippen LogP contribution in [0.5, 0.6) is 0 Å². The highest BCUT2D eigenvalue weighted by atomic mass is 32.2. The maximum atomic E-state index is 12.4. The third kappa shape index (κ3) is 10.0. The quantitative estimate of drug-likeness (QED) is 0.120. The van der Waals surface area contributed by atoms with Gasteiger partial charge in [0.2, 0.25) is 0 Å². The Labute approximate surface area is 213 Å².